The summed E-state index contributed by atoms with van der Waals surface area (Å²) in [6.45, 7) is 4.16. The quantitative estimate of drug-likeness (QED) is 0.555. The fourth-order valence-electron chi connectivity index (χ4n) is 2.23. The maximum absolute atomic E-state index is 12.0. The molecule has 0 saturated carbocycles. The van der Waals surface area contributed by atoms with E-state index in [4.69, 9.17) is 0 Å². The van der Waals surface area contributed by atoms with Gasteiger partial charge in [-0.25, -0.2) is 0 Å². The number of rotatable bonds is 5. The SMILES string of the molecule is Br.C[CH2][Ni]([CH2]C)([N]=O)([c]1ccccc1)[c]1ccccc1. The van der Waals surface area contributed by atoms with Crippen LogP contribution in [0.2, 0.25) is 10.8 Å². The van der Waals surface area contributed by atoms with E-state index in [1.165, 1.54) is 0 Å². The van der Waals surface area contributed by atoms with E-state index in [1.807, 2.05) is 60.7 Å². The Morgan fingerprint density at radius 3 is 1.40 bits per heavy atom. The van der Waals surface area contributed by atoms with Gasteiger partial charge in [-0.1, -0.05) is 0 Å². The molecule has 2 nitrogen and oxygen atoms in total. The van der Waals surface area contributed by atoms with Gasteiger partial charge in [-0.2, -0.15) is 0 Å². The van der Waals surface area contributed by atoms with E-state index in [2.05, 4.69) is 18.1 Å². The summed E-state index contributed by atoms with van der Waals surface area (Å²) < 4.78 is 5.96. The van der Waals surface area contributed by atoms with Crippen LogP contribution in [-0.4, -0.2) is 0 Å². The van der Waals surface area contributed by atoms with Gasteiger partial charge in [-0.3, -0.25) is 0 Å². The molecule has 2 rings (SSSR count). The van der Waals surface area contributed by atoms with Crippen LogP contribution in [-0.2, 0) is 11.6 Å². The molecular formula is C16H21BrNNiO. The van der Waals surface area contributed by atoms with Gasteiger partial charge < -0.3 is 0 Å². The molecule has 0 aliphatic heterocycles. The van der Waals surface area contributed by atoms with E-state index in [9.17, 15) is 4.91 Å². The minimum atomic E-state index is -2.75. The van der Waals surface area contributed by atoms with Gasteiger partial charge in [0.1, 0.15) is 0 Å². The molecule has 20 heavy (non-hydrogen) atoms. The van der Waals surface area contributed by atoms with E-state index < -0.39 is 11.6 Å². The third kappa shape index (κ3) is 2.36. The molecule has 0 aliphatic rings. The van der Waals surface area contributed by atoms with Gasteiger partial charge in [0.15, 0.2) is 0 Å². The van der Waals surface area contributed by atoms with Crippen LogP contribution in [0.5, 0.6) is 0 Å². The van der Waals surface area contributed by atoms with E-state index >= 15 is 0 Å². The fourth-order valence-corrected chi connectivity index (χ4v) is 7.07. The number of nitrogens with zero attached hydrogens (tertiary/aromatic N) is 1. The molecule has 0 bridgehead atoms. The molecule has 0 aromatic heterocycles. The van der Waals surface area contributed by atoms with Gasteiger partial charge >= 0.3 is 115 Å². The van der Waals surface area contributed by atoms with Gasteiger partial charge in [0.05, 0.1) is 0 Å². The van der Waals surface area contributed by atoms with E-state index in [-0.39, 0.29) is 17.0 Å². The van der Waals surface area contributed by atoms with Gasteiger partial charge in [-0.05, 0) is 0 Å². The zero-order valence-corrected chi connectivity index (χ0v) is 14.5. The molecule has 0 aliphatic carbocycles. The Kier molecular flexibility index (Phi) is 5.67. The third-order valence-corrected chi connectivity index (χ3v) is 10.2. The first-order valence-electron chi connectivity index (χ1n) is 6.32. The molecule has 0 unspecified atom stereocenters. The standard InChI is InChI=1S/2C6H5.2C2H5.BrH.NO.Ni/c2*1-2-4-6-5-3-1;2*1-2;;1-2;/h2*1-5H;2*1H2,2H3;1H;;/q;;;;;-1;+1. The molecular weight excluding hydrogens is 361 g/mol. The molecule has 2 aromatic carbocycles. The average molecular weight is 382 g/mol. The van der Waals surface area contributed by atoms with E-state index in [1.54, 1.807) is 0 Å². The van der Waals surface area contributed by atoms with Crippen molar-refractivity contribution in [1.82, 2.24) is 0 Å². The van der Waals surface area contributed by atoms with Crippen LogP contribution in [0.4, 0.5) is 0 Å². The summed E-state index contributed by atoms with van der Waals surface area (Å²) in [6, 6.07) is 20.1. The zero-order valence-electron chi connectivity index (χ0n) is 11.8. The van der Waals surface area contributed by atoms with Crippen molar-refractivity contribution in [2.45, 2.75) is 24.6 Å². The monoisotopic (exact) mass is 380 g/mol. The zero-order chi connectivity index (χ0) is 13.8. The molecule has 0 heterocycles. The normalized spacial score (nSPS) is 12.8. The van der Waals surface area contributed by atoms with Crippen LogP contribution in [0, 0.1) is 4.91 Å². The Bertz CT molecular complexity index is 512. The summed E-state index contributed by atoms with van der Waals surface area (Å²) in [5, 5.41) is 1.53. The Labute approximate surface area is 132 Å². The van der Waals surface area contributed by atoms with Crippen LogP contribution in [0.1, 0.15) is 13.8 Å². The summed E-state index contributed by atoms with van der Waals surface area (Å²) >= 11 is -2.75. The van der Waals surface area contributed by atoms with Crippen molar-refractivity contribution in [2.75, 3.05) is 0 Å². The van der Waals surface area contributed by atoms with E-state index in [0.717, 1.165) is 19.8 Å². The molecule has 0 saturated heterocycles. The van der Waals surface area contributed by atoms with Crippen LogP contribution < -0.4 is 9.07 Å². The van der Waals surface area contributed by atoms with Gasteiger partial charge in [0.2, 0.25) is 0 Å². The van der Waals surface area contributed by atoms with Crippen molar-refractivity contribution in [3.63, 3.8) is 0 Å². The molecule has 0 fully saturated rings. The van der Waals surface area contributed by atoms with Crippen molar-refractivity contribution in [1.29, 1.82) is 0 Å². The van der Waals surface area contributed by atoms with Crippen LogP contribution in [0.3, 0.4) is 0 Å². The fraction of sp³-hybridized carbons (Fsp3) is 0.250. The summed E-state index contributed by atoms with van der Waals surface area (Å²) in [6.07, 6.45) is 0. The van der Waals surface area contributed by atoms with Gasteiger partial charge in [0, 0.05) is 0 Å². The Morgan fingerprint density at radius 2 is 1.15 bits per heavy atom. The summed E-state index contributed by atoms with van der Waals surface area (Å²) in [7, 11) is 0. The summed E-state index contributed by atoms with van der Waals surface area (Å²) in [5.74, 6) is 0. The number of hydrogen-bond acceptors (Lipinski definition) is 2. The molecule has 0 atom stereocenters. The number of nitroso groups, excluding NO2 is 1. The van der Waals surface area contributed by atoms with Crippen LogP contribution >= 0.6 is 17.0 Å². The molecule has 113 valence electrons. The van der Waals surface area contributed by atoms with Crippen LogP contribution in [0.15, 0.2) is 64.9 Å². The van der Waals surface area contributed by atoms with Crippen molar-refractivity contribution in [2.24, 2.45) is 4.26 Å². The average Bonchev–Trinajstić information content (AvgIpc) is 2.53. The van der Waals surface area contributed by atoms with Crippen molar-refractivity contribution in [3.05, 3.63) is 65.6 Å². The first-order chi connectivity index (χ1) is 9.22. The summed E-state index contributed by atoms with van der Waals surface area (Å²) in [4.78, 5) is 12.0. The number of benzene rings is 2. The Balaban J connectivity index is 0.00000200. The second-order valence-corrected chi connectivity index (χ2v) is 9.97. The van der Waals surface area contributed by atoms with E-state index in [0.29, 0.717) is 0 Å². The Morgan fingerprint density at radius 1 is 0.800 bits per heavy atom. The predicted octanol–water partition coefficient (Wildman–Crippen LogP) is 4.46. The maximum atomic E-state index is 12.0. The molecule has 2 aromatic rings. The number of halogens is 1. The number of hydrogen-bond donors (Lipinski definition) is 0. The van der Waals surface area contributed by atoms with Gasteiger partial charge in [0.25, 0.3) is 0 Å². The Hall–Kier alpha value is -0.986. The molecule has 0 spiro atoms. The molecule has 0 N–H and O–H groups in total. The molecule has 0 amide bonds. The summed E-state index contributed by atoms with van der Waals surface area (Å²) in [5.41, 5.74) is 0. The second-order valence-electron chi connectivity index (χ2n) is 4.05. The predicted molar refractivity (Wildman–Crippen MR) is 89.2 cm³/mol. The van der Waals surface area contributed by atoms with Crippen LogP contribution in [0.25, 0.3) is 0 Å². The molecule has 0 radical (unpaired) electrons. The van der Waals surface area contributed by atoms with Crippen molar-refractivity contribution >= 4 is 26.0 Å². The van der Waals surface area contributed by atoms with Crippen molar-refractivity contribution in [3.8, 4) is 0 Å². The third-order valence-electron chi connectivity index (χ3n) is 3.39. The van der Waals surface area contributed by atoms with Crippen molar-refractivity contribution < 1.29 is 11.6 Å². The van der Waals surface area contributed by atoms with Gasteiger partial charge in [-0.15, -0.1) is 17.0 Å². The first kappa shape index (κ1) is 17.1. The minimum absolute atomic E-state index is 0. The first-order valence-corrected chi connectivity index (χ1v) is 9.15. The second kappa shape index (κ2) is 6.64. The topological polar surface area (TPSA) is 29.4 Å². The molecule has 4 heteroatoms.